The molecule has 6 rings (SSSR count). The Morgan fingerprint density at radius 1 is 1.15 bits per heavy atom. The van der Waals surface area contributed by atoms with E-state index in [-0.39, 0.29) is 45.1 Å². The molecule has 264 valence electrons. The predicted octanol–water partition coefficient (Wildman–Crippen LogP) is 7.93. The third-order valence-corrected chi connectivity index (χ3v) is 16.4. The van der Waals surface area contributed by atoms with Crippen molar-refractivity contribution in [2.75, 3.05) is 19.8 Å². The zero-order chi connectivity index (χ0) is 34.5. The van der Waals surface area contributed by atoms with Crippen LogP contribution in [0.15, 0.2) is 22.7 Å². The number of nitrogens with zero attached hydrogens (tertiary/aromatic N) is 3. The van der Waals surface area contributed by atoms with Crippen LogP contribution in [-0.4, -0.2) is 57.3 Å². The summed E-state index contributed by atoms with van der Waals surface area (Å²) in [5.41, 5.74) is 6.74. The van der Waals surface area contributed by atoms with Crippen LogP contribution < -0.4 is 5.73 Å². The van der Waals surface area contributed by atoms with Gasteiger partial charge in [-0.3, -0.25) is 4.79 Å². The van der Waals surface area contributed by atoms with Crippen molar-refractivity contribution in [2.45, 2.75) is 125 Å². The van der Waals surface area contributed by atoms with Crippen LogP contribution in [0.2, 0.25) is 0 Å². The number of aliphatic carboxylic acids is 1. The van der Waals surface area contributed by atoms with E-state index in [4.69, 9.17) is 15.2 Å². The van der Waals surface area contributed by atoms with E-state index in [1.807, 2.05) is 6.33 Å². The number of carboxylic acid groups (broad SMARTS) is 1. The molecule has 2 heterocycles. The van der Waals surface area contributed by atoms with Gasteiger partial charge in [0.1, 0.15) is 6.33 Å². The standard InChI is InChI=1S/C38H61BrN4O4/c1-22(2)24(5)33(6)15-16-35(8)25-11-12-28-34(7)18-46-20-38(28,26(25)13-14-36(35,9)29(33)31(44)45)17-27(43-21-41-42-32(43)39)30(34)47-19-37(10,40)23(3)4/h13,21-25,27-30H,11-12,14-20,40H2,1-10H3,(H,44,45)/t24-,25+,27-,28+,29-,30+,33-,34-,35-,36+,37+,38+/m1/s1. The van der Waals surface area contributed by atoms with Crippen molar-refractivity contribution in [1.82, 2.24) is 14.8 Å². The summed E-state index contributed by atoms with van der Waals surface area (Å²) in [6, 6.07) is 0.00144. The van der Waals surface area contributed by atoms with Gasteiger partial charge in [-0.2, -0.15) is 0 Å². The Balaban J connectivity index is 1.45. The van der Waals surface area contributed by atoms with Crippen molar-refractivity contribution in [3.05, 3.63) is 22.7 Å². The zero-order valence-corrected chi connectivity index (χ0v) is 32.2. The van der Waals surface area contributed by atoms with Crippen LogP contribution >= 0.6 is 15.9 Å². The molecule has 3 N–H and O–H groups in total. The van der Waals surface area contributed by atoms with Gasteiger partial charge < -0.3 is 24.9 Å². The van der Waals surface area contributed by atoms with E-state index in [1.54, 1.807) is 0 Å². The van der Waals surface area contributed by atoms with Gasteiger partial charge in [0.15, 0.2) is 4.73 Å². The summed E-state index contributed by atoms with van der Waals surface area (Å²) in [7, 11) is 0. The molecule has 0 amide bonds. The van der Waals surface area contributed by atoms with E-state index in [0.717, 1.165) is 38.5 Å². The average Bonchev–Trinajstić information content (AvgIpc) is 3.41. The molecule has 1 aromatic rings. The summed E-state index contributed by atoms with van der Waals surface area (Å²) < 4.78 is 16.6. The van der Waals surface area contributed by atoms with Crippen molar-refractivity contribution in [3.8, 4) is 0 Å². The quantitative estimate of drug-likeness (QED) is 0.263. The number of hydrogen-bond donors (Lipinski definition) is 2. The monoisotopic (exact) mass is 716 g/mol. The Morgan fingerprint density at radius 2 is 1.85 bits per heavy atom. The molecule has 4 aliphatic carbocycles. The lowest BCUT2D eigenvalue weighted by atomic mass is 9.34. The van der Waals surface area contributed by atoms with Crippen LogP contribution in [0.3, 0.4) is 0 Å². The minimum Gasteiger partial charge on any atom is -0.481 e. The van der Waals surface area contributed by atoms with Crippen molar-refractivity contribution in [2.24, 2.45) is 68.3 Å². The third-order valence-electron chi connectivity index (χ3n) is 15.9. The highest BCUT2D eigenvalue weighted by Gasteiger charge is 2.72. The van der Waals surface area contributed by atoms with Crippen LogP contribution in [0.1, 0.15) is 114 Å². The molecule has 1 aromatic heterocycles. The number of rotatable bonds is 8. The number of allylic oxidation sites excluding steroid dienone is 1. The molecule has 3 saturated carbocycles. The molecule has 4 fully saturated rings. The van der Waals surface area contributed by atoms with Crippen LogP contribution in [0.25, 0.3) is 0 Å². The number of carbonyl (C=O) groups is 1. The van der Waals surface area contributed by atoms with E-state index in [0.29, 0.717) is 48.2 Å². The normalized spacial score (nSPS) is 45.0. The summed E-state index contributed by atoms with van der Waals surface area (Å²) in [6.07, 6.45) is 10.1. The van der Waals surface area contributed by atoms with E-state index >= 15 is 0 Å². The van der Waals surface area contributed by atoms with Gasteiger partial charge >= 0.3 is 5.97 Å². The maximum Gasteiger partial charge on any atom is 0.307 e. The number of hydrogen-bond acceptors (Lipinski definition) is 6. The molecule has 0 spiro atoms. The fourth-order valence-corrected chi connectivity index (χ4v) is 12.5. The number of halogens is 1. The Labute approximate surface area is 291 Å². The average molecular weight is 718 g/mol. The molecule has 9 heteroatoms. The second-order valence-electron chi connectivity index (χ2n) is 18.5. The first kappa shape index (κ1) is 35.5. The molecule has 12 atom stereocenters. The fraction of sp³-hybridized carbons (Fsp3) is 0.868. The number of aromatic nitrogens is 3. The van der Waals surface area contributed by atoms with Gasteiger partial charge in [0.2, 0.25) is 0 Å². The van der Waals surface area contributed by atoms with Gasteiger partial charge in [0, 0.05) is 16.4 Å². The third kappa shape index (κ3) is 4.92. The van der Waals surface area contributed by atoms with Crippen molar-refractivity contribution in [3.63, 3.8) is 0 Å². The minimum absolute atomic E-state index is 0.00144. The van der Waals surface area contributed by atoms with Gasteiger partial charge in [-0.25, -0.2) is 0 Å². The SMILES string of the molecule is CC(C)[C@@H](C)[C@@]1(C)CC[C@]2(C)[C@H]3CC[C@@H]4[C@@]5(COC[C@@]4(C)[C@@H](OC[C@](C)(N)C(C)C)[C@H](n4cnnc4Br)C5)C3=CC[C@@]2(C)[C@@H]1C(=O)O. The lowest BCUT2D eigenvalue weighted by molar-refractivity contribution is -0.252. The molecule has 5 aliphatic rings. The van der Waals surface area contributed by atoms with Crippen LogP contribution in [0.4, 0.5) is 0 Å². The Bertz CT molecular complexity index is 1410. The molecule has 0 radical (unpaired) electrons. The second-order valence-corrected chi connectivity index (χ2v) is 19.2. The van der Waals surface area contributed by atoms with Crippen molar-refractivity contribution < 1.29 is 19.4 Å². The Kier molecular flexibility index (Phi) is 8.79. The van der Waals surface area contributed by atoms with Crippen LogP contribution in [0.5, 0.6) is 0 Å². The molecule has 47 heavy (non-hydrogen) atoms. The highest BCUT2D eigenvalue weighted by atomic mass is 79.9. The number of nitrogens with two attached hydrogens (primary N) is 1. The molecular formula is C38H61BrN4O4. The lowest BCUT2D eigenvalue weighted by Crippen LogP contribution is -2.69. The highest BCUT2D eigenvalue weighted by Crippen LogP contribution is 2.75. The first-order valence-corrected chi connectivity index (χ1v) is 19.1. The van der Waals surface area contributed by atoms with Crippen LogP contribution in [0, 0.1) is 62.6 Å². The molecule has 1 aliphatic heterocycles. The number of carboxylic acids is 1. The Hall–Kier alpha value is -1.29. The second kappa shape index (κ2) is 11.6. The van der Waals surface area contributed by atoms with Gasteiger partial charge in [0.25, 0.3) is 0 Å². The first-order valence-electron chi connectivity index (χ1n) is 18.3. The summed E-state index contributed by atoms with van der Waals surface area (Å²) in [5.74, 6) is 0.719. The van der Waals surface area contributed by atoms with E-state index in [9.17, 15) is 9.90 Å². The van der Waals surface area contributed by atoms with Gasteiger partial charge in [-0.05, 0) is 107 Å². The smallest absolute Gasteiger partial charge is 0.307 e. The molecule has 0 unspecified atom stereocenters. The van der Waals surface area contributed by atoms with Crippen molar-refractivity contribution in [1.29, 1.82) is 0 Å². The molecule has 0 aromatic carbocycles. The summed E-state index contributed by atoms with van der Waals surface area (Å²) in [6.45, 7) is 24.5. The van der Waals surface area contributed by atoms with Gasteiger partial charge in [0.05, 0.1) is 37.9 Å². The van der Waals surface area contributed by atoms with E-state index < -0.39 is 17.4 Å². The maximum absolute atomic E-state index is 13.4. The lowest BCUT2D eigenvalue weighted by Gasteiger charge is -2.71. The Morgan fingerprint density at radius 3 is 2.45 bits per heavy atom. The van der Waals surface area contributed by atoms with E-state index in [2.05, 4.69) is 106 Å². The zero-order valence-electron chi connectivity index (χ0n) is 30.6. The highest BCUT2D eigenvalue weighted by molar-refractivity contribution is 9.10. The maximum atomic E-state index is 13.4. The van der Waals surface area contributed by atoms with Crippen LogP contribution in [-0.2, 0) is 14.3 Å². The minimum atomic E-state index is -0.617. The largest absolute Gasteiger partial charge is 0.481 e. The summed E-state index contributed by atoms with van der Waals surface area (Å²) >= 11 is 3.72. The van der Waals surface area contributed by atoms with Gasteiger partial charge in [-0.15, -0.1) is 10.2 Å². The predicted molar refractivity (Wildman–Crippen MR) is 188 cm³/mol. The number of ether oxygens (including phenoxy) is 2. The molecule has 1 saturated heterocycles. The number of fused-ring (bicyclic) bond motifs is 3. The molecular weight excluding hydrogens is 656 g/mol. The first-order chi connectivity index (χ1) is 21.8. The van der Waals surface area contributed by atoms with E-state index in [1.165, 1.54) is 5.57 Å². The van der Waals surface area contributed by atoms with Crippen molar-refractivity contribution >= 4 is 21.9 Å². The molecule has 8 nitrogen and oxygen atoms in total. The summed E-state index contributed by atoms with van der Waals surface area (Å²) in [5, 5.41) is 19.7. The topological polar surface area (TPSA) is 112 Å². The summed E-state index contributed by atoms with van der Waals surface area (Å²) in [4.78, 5) is 13.4. The fourth-order valence-electron chi connectivity index (χ4n) is 12.0. The molecule has 2 bridgehead atoms. The van der Waals surface area contributed by atoms with Gasteiger partial charge in [-0.1, -0.05) is 74.0 Å².